The zero-order valence-corrected chi connectivity index (χ0v) is 26.2. The summed E-state index contributed by atoms with van der Waals surface area (Å²) in [4.78, 5) is 27.4. The topological polar surface area (TPSA) is 55.8 Å². The van der Waals surface area contributed by atoms with Gasteiger partial charge in [-0.1, -0.05) is 117 Å². The number of ether oxygens (including phenoxy) is 2. The number of carbonyl (C=O) groups excluding carboxylic acids is 2. The molecule has 226 valence electrons. The molecule has 0 aromatic heterocycles. The smallest absolute Gasteiger partial charge is 0.306 e. The maximum atomic E-state index is 12.8. The van der Waals surface area contributed by atoms with Crippen LogP contribution in [0.4, 0.5) is 0 Å². The van der Waals surface area contributed by atoms with Gasteiger partial charge in [0, 0.05) is 12.8 Å². The van der Waals surface area contributed by atoms with E-state index in [2.05, 4.69) is 25.7 Å². The van der Waals surface area contributed by atoms with E-state index in [1.807, 2.05) is 14.1 Å². The van der Waals surface area contributed by atoms with Crippen molar-refractivity contribution >= 4 is 11.9 Å². The van der Waals surface area contributed by atoms with E-state index >= 15 is 0 Å². The van der Waals surface area contributed by atoms with Gasteiger partial charge in [-0.15, -0.1) is 0 Å². The number of carbonyl (C=O) groups is 2. The van der Waals surface area contributed by atoms with Crippen LogP contribution < -0.4 is 0 Å². The van der Waals surface area contributed by atoms with Crippen LogP contribution in [0, 0.1) is 5.92 Å². The van der Waals surface area contributed by atoms with Gasteiger partial charge in [-0.05, 0) is 58.7 Å². The summed E-state index contributed by atoms with van der Waals surface area (Å²) in [7, 11) is 4.02. The van der Waals surface area contributed by atoms with Gasteiger partial charge in [-0.3, -0.25) is 9.59 Å². The van der Waals surface area contributed by atoms with E-state index in [9.17, 15) is 9.59 Å². The Bertz CT molecular complexity index is 523. The summed E-state index contributed by atoms with van der Waals surface area (Å²) in [6.07, 6.45) is 24.2. The fraction of sp³-hybridized carbons (Fsp3) is 0.939. The van der Waals surface area contributed by atoms with Gasteiger partial charge in [-0.25, -0.2) is 0 Å². The Kier molecular flexibility index (Phi) is 26.7. The highest BCUT2D eigenvalue weighted by Gasteiger charge is 2.19. The molecule has 1 atom stereocenters. The highest BCUT2D eigenvalue weighted by molar-refractivity contribution is 5.70. The van der Waals surface area contributed by atoms with Gasteiger partial charge in [0.25, 0.3) is 0 Å². The average Bonchev–Trinajstić information content (AvgIpc) is 2.88. The third kappa shape index (κ3) is 25.2. The summed E-state index contributed by atoms with van der Waals surface area (Å²) in [5.41, 5.74) is 0. The molecule has 0 spiro atoms. The van der Waals surface area contributed by atoms with Crippen molar-refractivity contribution in [3.05, 3.63) is 0 Å². The molecular formula is C33H65NO4. The minimum atomic E-state index is -0.321. The van der Waals surface area contributed by atoms with Crippen molar-refractivity contribution in [3.63, 3.8) is 0 Å². The summed E-state index contributed by atoms with van der Waals surface area (Å²) in [5, 5.41) is 0. The monoisotopic (exact) mass is 539 g/mol. The Morgan fingerprint density at radius 3 is 1.58 bits per heavy atom. The number of nitrogens with zero attached hydrogens (tertiary/aromatic N) is 1. The fourth-order valence-corrected chi connectivity index (χ4v) is 5.02. The maximum Gasteiger partial charge on any atom is 0.306 e. The standard InChI is InChI=1S/C33H65NO4/c1-6-9-12-15-18-21-25-31(38-32(35)26-22-27-34(4)5)29-37-33(36)28-30(23-19-16-13-10-7-2)24-20-17-14-11-8-3/h30-31H,6-29H2,1-5H3. The first kappa shape index (κ1) is 36.9. The molecular weight excluding hydrogens is 474 g/mol. The van der Waals surface area contributed by atoms with Crippen molar-refractivity contribution < 1.29 is 19.1 Å². The molecule has 0 aromatic carbocycles. The van der Waals surface area contributed by atoms with Gasteiger partial charge in [0.1, 0.15) is 12.7 Å². The van der Waals surface area contributed by atoms with E-state index in [4.69, 9.17) is 9.47 Å². The van der Waals surface area contributed by atoms with Crippen LogP contribution in [0.2, 0.25) is 0 Å². The van der Waals surface area contributed by atoms with Gasteiger partial charge >= 0.3 is 11.9 Å². The number of hydrogen-bond acceptors (Lipinski definition) is 5. The second-order valence-electron chi connectivity index (χ2n) is 11.7. The first-order chi connectivity index (χ1) is 18.4. The molecule has 1 unspecified atom stereocenters. The van der Waals surface area contributed by atoms with Crippen LogP contribution in [0.1, 0.15) is 162 Å². The Morgan fingerprint density at radius 1 is 0.605 bits per heavy atom. The van der Waals surface area contributed by atoms with Crippen molar-refractivity contribution in [2.24, 2.45) is 5.92 Å². The highest BCUT2D eigenvalue weighted by Crippen LogP contribution is 2.23. The van der Waals surface area contributed by atoms with E-state index < -0.39 is 0 Å². The largest absolute Gasteiger partial charge is 0.462 e. The van der Waals surface area contributed by atoms with E-state index in [0.717, 1.165) is 45.1 Å². The Hall–Kier alpha value is -1.10. The quantitative estimate of drug-likeness (QED) is 0.0732. The summed E-state index contributed by atoms with van der Waals surface area (Å²) in [6, 6.07) is 0. The summed E-state index contributed by atoms with van der Waals surface area (Å²) in [5.74, 6) is 0.126. The van der Waals surface area contributed by atoms with Gasteiger partial charge in [0.15, 0.2) is 0 Å². The molecule has 0 aliphatic rings. The summed E-state index contributed by atoms with van der Waals surface area (Å²) in [6.45, 7) is 7.78. The van der Waals surface area contributed by atoms with Gasteiger partial charge in [0.05, 0.1) is 0 Å². The van der Waals surface area contributed by atoms with Crippen molar-refractivity contribution in [3.8, 4) is 0 Å². The molecule has 0 N–H and O–H groups in total. The number of unbranched alkanes of at least 4 members (excludes halogenated alkanes) is 13. The van der Waals surface area contributed by atoms with E-state index in [1.54, 1.807) is 0 Å². The minimum Gasteiger partial charge on any atom is -0.462 e. The van der Waals surface area contributed by atoms with E-state index in [0.29, 0.717) is 18.8 Å². The molecule has 0 saturated carbocycles. The lowest BCUT2D eigenvalue weighted by molar-refractivity contribution is -0.160. The van der Waals surface area contributed by atoms with E-state index in [-0.39, 0.29) is 24.6 Å². The van der Waals surface area contributed by atoms with Crippen LogP contribution in [-0.2, 0) is 19.1 Å². The van der Waals surface area contributed by atoms with Gasteiger partial charge < -0.3 is 14.4 Å². The van der Waals surface area contributed by atoms with Crippen LogP contribution in [0.3, 0.4) is 0 Å². The molecule has 0 fully saturated rings. The Labute approximate surface area is 237 Å². The van der Waals surface area contributed by atoms with Crippen LogP contribution >= 0.6 is 0 Å². The molecule has 0 heterocycles. The number of rotatable bonds is 28. The molecule has 0 bridgehead atoms. The molecule has 5 nitrogen and oxygen atoms in total. The third-order valence-corrected chi connectivity index (χ3v) is 7.48. The molecule has 0 aliphatic heterocycles. The van der Waals surface area contributed by atoms with Crippen molar-refractivity contribution in [1.29, 1.82) is 0 Å². The number of hydrogen-bond donors (Lipinski definition) is 0. The summed E-state index contributed by atoms with van der Waals surface area (Å²) >= 11 is 0. The first-order valence-electron chi connectivity index (χ1n) is 16.4. The van der Waals surface area contributed by atoms with Crippen molar-refractivity contribution in [2.45, 2.75) is 168 Å². The van der Waals surface area contributed by atoms with Gasteiger partial charge in [0.2, 0.25) is 0 Å². The van der Waals surface area contributed by atoms with Gasteiger partial charge in [-0.2, -0.15) is 0 Å². The van der Waals surface area contributed by atoms with Crippen LogP contribution in [-0.4, -0.2) is 50.2 Å². The van der Waals surface area contributed by atoms with Crippen LogP contribution in [0.15, 0.2) is 0 Å². The average molecular weight is 540 g/mol. The lowest BCUT2D eigenvalue weighted by Crippen LogP contribution is -2.26. The zero-order chi connectivity index (χ0) is 28.3. The minimum absolute atomic E-state index is 0.117. The predicted molar refractivity (Wildman–Crippen MR) is 161 cm³/mol. The van der Waals surface area contributed by atoms with Crippen LogP contribution in [0.25, 0.3) is 0 Å². The maximum absolute atomic E-state index is 12.8. The highest BCUT2D eigenvalue weighted by atomic mass is 16.6. The zero-order valence-electron chi connectivity index (χ0n) is 26.2. The molecule has 0 aliphatic carbocycles. The normalized spacial score (nSPS) is 12.3. The summed E-state index contributed by atoms with van der Waals surface area (Å²) < 4.78 is 11.5. The van der Waals surface area contributed by atoms with Crippen molar-refractivity contribution in [1.82, 2.24) is 4.90 Å². The molecule has 0 saturated heterocycles. The fourth-order valence-electron chi connectivity index (χ4n) is 5.02. The molecule has 38 heavy (non-hydrogen) atoms. The predicted octanol–water partition coefficient (Wildman–Crippen LogP) is 9.26. The van der Waals surface area contributed by atoms with E-state index in [1.165, 1.54) is 89.9 Å². The van der Waals surface area contributed by atoms with Crippen molar-refractivity contribution in [2.75, 3.05) is 27.2 Å². The lowest BCUT2D eigenvalue weighted by atomic mass is 9.91. The molecule has 0 radical (unpaired) electrons. The molecule has 5 heteroatoms. The Balaban J connectivity index is 4.70. The molecule has 0 amide bonds. The second kappa shape index (κ2) is 27.5. The lowest BCUT2D eigenvalue weighted by Gasteiger charge is -2.20. The van der Waals surface area contributed by atoms with Crippen LogP contribution in [0.5, 0.6) is 0 Å². The molecule has 0 aromatic rings. The molecule has 0 rings (SSSR count). The third-order valence-electron chi connectivity index (χ3n) is 7.48. The second-order valence-corrected chi connectivity index (χ2v) is 11.7. The number of esters is 2. The Morgan fingerprint density at radius 2 is 1.08 bits per heavy atom. The first-order valence-corrected chi connectivity index (χ1v) is 16.4. The SMILES string of the molecule is CCCCCCCCC(COC(=O)CC(CCCCCCC)CCCCCCC)OC(=O)CCCN(C)C.